The fourth-order valence-corrected chi connectivity index (χ4v) is 3.43. The first kappa shape index (κ1) is 16.6. The number of amides is 1. The molecular formula is C20H22N4O2. The highest BCUT2D eigenvalue weighted by Gasteiger charge is 2.19. The summed E-state index contributed by atoms with van der Waals surface area (Å²) in [4.78, 5) is 17.1. The van der Waals surface area contributed by atoms with Crippen LogP contribution in [0.2, 0.25) is 0 Å². The van der Waals surface area contributed by atoms with Crippen LogP contribution in [0.15, 0.2) is 53.2 Å². The Morgan fingerprint density at radius 2 is 1.92 bits per heavy atom. The Kier molecular flexibility index (Phi) is 4.82. The second kappa shape index (κ2) is 7.56. The maximum Gasteiger partial charge on any atom is 0.268 e. The van der Waals surface area contributed by atoms with E-state index >= 15 is 0 Å². The van der Waals surface area contributed by atoms with Crippen LogP contribution >= 0.6 is 0 Å². The van der Waals surface area contributed by atoms with Gasteiger partial charge in [0, 0.05) is 17.8 Å². The van der Waals surface area contributed by atoms with Crippen LogP contribution in [0.5, 0.6) is 0 Å². The number of hydrogen-bond donors (Lipinski definition) is 1. The van der Waals surface area contributed by atoms with Crippen molar-refractivity contribution in [2.45, 2.75) is 44.7 Å². The Hall–Kier alpha value is -2.89. The van der Waals surface area contributed by atoms with Gasteiger partial charge in [-0.2, -0.15) is 4.98 Å². The van der Waals surface area contributed by atoms with E-state index in [1.807, 2.05) is 53.2 Å². The quantitative estimate of drug-likeness (QED) is 0.762. The van der Waals surface area contributed by atoms with Crippen molar-refractivity contribution in [3.63, 3.8) is 0 Å². The van der Waals surface area contributed by atoms with Crippen LogP contribution < -0.4 is 5.32 Å². The summed E-state index contributed by atoms with van der Waals surface area (Å²) in [7, 11) is 0. The number of hydrogen-bond acceptors (Lipinski definition) is 4. The van der Waals surface area contributed by atoms with Crippen LogP contribution in [0, 0.1) is 0 Å². The van der Waals surface area contributed by atoms with E-state index in [9.17, 15) is 4.79 Å². The van der Waals surface area contributed by atoms with Gasteiger partial charge in [0.1, 0.15) is 5.69 Å². The molecular weight excluding hydrogens is 328 g/mol. The first-order chi connectivity index (χ1) is 12.8. The lowest BCUT2D eigenvalue weighted by Crippen LogP contribution is -2.37. The minimum atomic E-state index is -0.0336. The summed E-state index contributed by atoms with van der Waals surface area (Å²) >= 11 is 0. The summed E-state index contributed by atoms with van der Waals surface area (Å²) in [6, 6.07) is 13.6. The van der Waals surface area contributed by atoms with Crippen molar-refractivity contribution in [1.82, 2.24) is 20.0 Å². The zero-order valence-electron chi connectivity index (χ0n) is 14.6. The third-order valence-corrected chi connectivity index (χ3v) is 4.80. The first-order valence-corrected chi connectivity index (χ1v) is 9.13. The highest BCUT2D eigenvalue weighted by molar-refractivity contribution is 5.93. The minimum absolute atomic E-state index is 0.0336. The molecule has 1 amide bonds. The molecule has 0 saturated heterocycles. The Balaban J connectivity index is 1.45. The molecule has 0 unspecified atom stereocenters. The second-order valence-corrected chi connectivity index (χ2v) is 6.71. The number of rotatable bonds is 5. The summed E-state index contributed by atoms with van der Waals surface area (Å²) < 4.78 is 7.21. The molecule has 2 heterocycles. The van der Waals surface area contributed by atoms with Crippen LogP contribution in [0.4, 0.5) is 0 Å². The standard InChI is InChI=1S/C20H22N4O2/c25-19(21-16-10-5-2-6-11-16)17-12-7-13-24(17)14-18-22-20(26-23-18)15-8-3-1-4-9-15/h1,3-4,7-9,12-13,16H,2,5-6,10-11,14H2,(H,21,25). The average Bonchev–Trinajstić information content (AvgIpc) is 3.33. The summed E-state index contributed by atoms with van der Waals surface area (Å²) in [6.07, 6.45) is 7.66. The molecule has 1 aliphatic carbocycles. The van der Waals surface area contributed by atoms with Gasteiger partial charge in [-0.3, -0.25) is 4.79 Å². The summed E-state index contributed by atoms with van der Waals surface area (Å²) in [6.45, 7) is 0.400. The maximum absolute atomic E-state index is 12.6. The number of aromatic nitrogens is 3. The minimum Gasteiger partial charge on any atom is -0.348 e. The fraction of sp³-hybridized carbons (Fsp3) is 0.350. The average molecular weight is 350 g/mol. The largest absolute Gasteiger partial charge is 0.348 e. The number of benzene rings is 1. The predicted molar refractivity (Wildman–Crippen MR) is 97.6 cm³/mol. The van der Waals surface area contributed by atoms with Gasteiger partial charge in [0.25, 0.3) is 11.8 Å². The number of nitrogens with one attached hydrogen (secondary N) is 1. The van der Waals surface area contributed by atoms with Crippen LogP contribution in [0.1, 0.15) is 48.4 Å². The van der Waals surface area contributed by atoms with Crippen LogP contribution in [-0.4, -0.2) is 26.7 Å². The van der Waals surface area contributed by atoms with Crippen molar-refractivity contribution in [2.75, 3.05) is 0 Å². The molecule has 2 aromatic heterocycles. The Labute approximate surface area is 152 Å². The van der Waals surface area contributed by atoms with Crippen LogP contribution in [-0.2, 0) is 6.54 Å². The van der Waals surface area contributed by atoms with Crippen molar-refractivity contribution in [3.05, 3.63) is 60.2 Å². The van der Waals surface area contributed by atoms with Crippen molar-refractivity contribution >= 4 is 5.91 Å². The van der Waals surface area contributed by atoms with Gasteiger partial charge in [0.2, 0.25) is 0 Å². The maximum atomic E-state index is 12.6. The van der Waals surface area contributed by atoms with Crippen molar-refractivity contribution in [1.29, 1.82) is 0 Å². The van der Waals surface area contributed by atoms with Gasteiger partial charge in [0.05, 0.1) is 6.54 Å². The molecule has 26 heavy (non-hydrogen) atoms. The van der Waals surface area contributed by atoms with E-state index in [4.69, 9.17) is 4.52 Å². The summed E-state index contributed by atoms with van der Waals surface area (Å²) in [5.74, 6) is 1.00. The lowest BCUT2D eigenvalue weighted by atomic mass is 9.95. The number of carbonyl (C=O) groups excluding carboxylic acids is 1. The lowest BCUT2D eigenvalue weighted by molar-refractivity contribution is 0.0918. The third kappa shape index (κ3) is 3.69. The van der Waals surface area contributed by atoms with Crippen molar-refractivity contribution in [3.8, 4) is 11.5 Å². The Bertz CT molecular complexity index is 863. The molecule has 0 spiro atoms. The Morgan fingerprint density at radius 1 is 1.12 bits per heavy atom. The van der Waals surface area contributed by atoms with E-state index < -0.39 is 0 Å². The molecule has 0 aliphatic heterocycles. The topological polar surface area (TPSA) is 73.0 Å². The molecule has 3 aromatic rings. The first-order valence-electron chi connectivity index (χ1n) is 9.13. The SMILES string of the molecule is O=C(NC1CCCCC1)c1cccn1Cc1noc(-c2ccccc2)n1. The fourth-order valence-electron chi connectivity index (χ4n) is 3.43. The highest BCUT2D eigenvalue weighted by Crippen LogP contribution is 2.19. The highest BCUT2D eigenvalue weighted by atomic mass is 16.5. The molecule has 6 nitrogen and oxygen atoms in total. The zero-order chi connectivity index (χ0) is 17.8. The van der Waals surface area contributed by atoms with Crippen molar-refractivity contribution < 1.29 is 9.32 Å². The van der Waals surface area contributed by atoms with E-state index in [0.717, 1.165) is 18.4 Å². The normalized spacial score (nSPS) is 15.1. The van der Waals surface area contributed by atoms with Crippen molar-refractivity contribution in [2.24, 2.45) is 0 Å². The molecule has 1 fully saturated rings. The third-order valence-electron chi connectivity index (χ3n) is 4.80. The zero-order valence-corrected chi connectivity index (χ0v) is 14.6. The molecule has 1 saturated carbocycles. The van der Waals surface area contributed by atoms with Crippen LogP contribution in [0.3, 0.4) is 0 Å². The van der Waals surface area contributed by atoms with Gasteiger partial charge in [-0.05, 0) is 37.1 Å². The van der Waals surface area contributed by atoms with Gasteiger partial charge < -0.3 is 14.4 Å². The van der Waals surface area contributed by atoms with Gasteiger partial charge in [-0.1, -0.05) is 42.6 Å². The van der Waals surface area contributed by atoms with E-state index in [-0.39, 0.29) is 11.9 Å². The Morgan fingerprint density at radius 3 is 2.73 bits per heavy atom. The second-order valence-electron chi connectivity index (χ2n) is 6.71. The number of nitrogens with zero attached hydrogens (tertiary/aromatic N) is 3. The molecule has 0 radical (unpaired) electrons. The van der Waals surface area contributed by atoms with Crippen LogP contribution in [0.25, 0.3) is 11.5 Å². The van der Waals surface area contributed by atoms with Gasteiger partial charge in [-0.25, -0.2) is 0 Å². The molecule has 134 valence electrons. The summed E-state index contributed by atoms with van der Waals surface area (Å²) in [5, 5.41) is 7.20. The van der Waals surface area contributed by atoms with E-state index in [1.165, 1.54) is 19.3 Å². The van der Waals surface area contributed by atoms with Gasteiger partial charge in [0.15, 0.2) is 5.82 Å². The molecule has 4 rings (SSSR count). The van der Waals surface area contributed by atoms with Gasteiger partial charge in [-0.15, -0.1) is 0 Å². The molecule has 0 bridgehead atoms. The predicted octanol–water partition coefficient (Wildman–Crippen LogP) is 3.65. The molecule has 0 atom stereocenters. The molecule has 1 aliphatic rings. The summed E-state index contributed by atoms with van der Waals surface area (Å²) in [5.41, 5.74) is 1.51. The lowest BCUT2D eigenvalue weighted by Gasteiger charge is -2.22. The molecule has 1 N–H and O–H groups in total. The van der Waals surface area contributed by atoms with E-state index in [2.05, 4.69) is 15.5 Å². The monoisotopic (exact) mass is 350 g/mol. The van der Waals surface area contributed by atoms with E-state index in [0.29, 0.717) is 24.0 Å². The smallest absolute Gasteiger partial charge is 0.268 e. The molecule has 6 heteroatoms. The molecule has 1 aromatic carbocycles. The van der Waals surface area contributed by atoms with E-state index in [1.54, 1.807) is 0 Å². The number of carbonyl (C=O) groups is 1. The van der Waals surface area contributed by atoms with Gasteiger partial charge >= 0.3 is 0 Å².